The van der Waals surface area contributed by atoms with Crippen LogP contribution in [0, 0.1) is 5.92 Å². The van der Waals surface area contributed by atoms with Crippen LogP contribution < -0.4 is 11.1 Å². The van der Waals surface area contributed by atoms with Gasteiger partial charge in [0, 0.05) is 31.0 Å². The van der Waals surface area contributed by atoms with Crippen LogP contribution in [0.4, 0.5) is 0 Å². The average molecular weight is 264 g/mol. The van der Waals surface area contributed by atoms with Gasteiger partial charge in [-0.05, 0) is 32.3 Å². The summed E-state index contributed by atoms with van der Waals surface area (Å²) in [4.78, 5) is 11.5. The van der Waals surface area contributed by atoms with Crippen LogP contribution in [0.1, 0.15) is 39.0 Å². The molecule has 1 aliphatic carbocycles. The Hall–Kier alpha value is -1.36. The third-order valence-electron chi connectivity index (χ3n) is 3.98. The summed E-state index contributed by atoms with van der Waals surface area (Å²) in [7, 11) is 0. The Labute approximate surface area is 114 Å². The molecule has 1 amide bonds. The van der Waals surface area contributed by atoms with Crippen LogP contribution in [-0.4, -0.2) is 27.8 Å². The van der Waals surface area contributed by atoms with E-state index in [9.17, 15) is 4.79 Å². The molecule has 19 heavy (non-hydrogen) atoms. The number of rotatable bonds is 6. The largest absolute Gasteiger partial charge is 0.369 e. The summed E-state index contributed by atoms with van der Waals surface area (Å²) in [5.41, 5.74) is 5.49. The lowest BCUT2D eigenvalue weighted by Gasteiger charge is -2.32. The van der Waals surface area contributed by atoms with Crippen molar-refractivity contribution < 1.29 is 4.79 Å². The van der Waals surface area contributed by atoms with E-state index in [-0.39, 0.29) is 17.9 Å². The molecular weight excluding hydrogens is 240 g/mol. The molecule has 2 rings (SSSR count). The highest BCUT2D eigenvalue weighted by atomic mass is 16.1. The number of nitrogens with one attached hydrogen (secondary N) is 1. The van der Waals surface area contributed by atoms with E-state index >= 15 is 0 Å². The predicted octanol–water partition coefficient (Wildman–Crippen LogP) is 1.30. The van der Waals surface area contributed by atoms with E-state index in [4.69, 9.17) is 5.73 Å². The maximum absolute atomic E-state index is 11.5. The van der Waals surface area contributed by atoms with Crippen molar-refractivity contribution in [3.63, 3.8) is 0 Å². The van der Waals surface area contributed by atoms with Crippen molar-refractivity contribution in [2.75, 3.05) is 0 Å². The monoisotopic (exact) mass is 264 g/mol. The molecule has 0 bridgehead atoms. The Morgan fingerprint density at radius 3 is 3.00 bits per heavy atom. The molecular formula is C14H24N4O. The van der Waals surface area contributed by atoms with Crippen LogP contribution in [-0.2, 0) is 11.3 Å². The second kappa shape index (κ2) is 6.70. The minimum Gasteiger partial charge on any atom is -0.369 e. The molecule has 106 valence electrons. The highest BCUT2D eigenvalue weighted by Crippen LogP contribution is 2.24. The van der Waals surface area contributed by atoms with Crippen molar-refractivity contribution in [3.05, 3.63) is 18.5 Å². The Balaban J connectivity index is 1.79. The zero-order valence-corrected chi connectivity index (χ0v) is 11.6. The van der Waals surface area contributed by atoms with Gasteiger partial charge in [0.1, 0.15) is 0 Å². The molecule has 0 spiro atoms. The number of carbonyl (C=O) groups is 1. The number of hydrogen-bond donors (Lipinski definition) is 2. The minimum absolute atomic E-state index is 0.000836. The maximum Gasteiger partial charge on any atom is 0.222 e. The molecule has 0 saturated heterocycles. The molecule has 0 radical (unpaired) electrons. The van der Waals surface area contributed by atoms with Crippen molar-refractivity contribution >= 4 is 5.91 Å². The first-order valence-electron chi connectivity index (χ1n) is 7.19. The molecule has 0 aliphatic heterocycles. The Kier molecular flexibility index (Phi) is 4.96. The van der Waals surface area contributed by atoms with Crippen molar-refractivity contribution in [3.8, 4) is 0 Å². The van der Waals surface area contributed by atoms with Gasteiger partial charge < -0.3 is 11.1 Å². The number of hydrogen-bond acceptors (Lipinski definition) is 3. The fourth-order valence-electron chi connectivity index (χ4n) is 2.88. The van der Waals surface area contributed by atoms with Crippen molar-refractivity contribution in [1.82, 2.24) is 15.1 Å². The molecule has 3 N–H and O–H groups in total. The standard InChI is InChI=1S/C14H24N4O/c1-11(7-10-18-9-4-8-16-18)17-13-6-3-2-5-12(13)14(15)19/h4,8-9,11-13,17H,2-3,5-7,10H2,1H3,(H2,15,19)/t11-,12+,13+/m1/s1. The van der Waals surface area contributed by atoms with Crippen molar-refractivity contribution in [2.45, 2.75) is 57.7 Å². The summed E-state index contributed by atoms with van der Waals surface area (Å²) in [6, 6.07) is 2.55. The quantitative estimate of drug-likeness (QED) is 0.813. The van der Waals surface area contributed by atoms with Crippen LogP contribution in [0.15, 0.2) is 18.5 Å². The summed E-state index contributed by atoms with van der Waals surface area (Å²) in [5.74, 6) is -0.155. The lowest BCUT2D eigenvalue weighted by atomic mass is 9.83. The lowest BCUT2D eigenvalue weighted by Crippen LogP contribution is -2.48. The van der Waals surface area contributed by atoms with Crippen LogP contribution in [0.25, 0.3) is 0 Å². The van der Waals surface area contributed by atoms with Crippen LogP contribution in [0.3, 0.4) is 0 Å². The summed E-state index contributed by atoms with van der Waals surface area (Å²) >= 11 is 0. The Bertz CT molecular complexity index is 390. The number of nitrogens with two attached hydrogens (primary N) is 1. The highest BCUT2D eigenvalue weighted by Gasteiger charge is 2.29. The second-order valence-corrected chi connectivity index (χ2v) is 5.53. The van der Waals surface area contributed by atoms with Gasteiger partial charge in [-0.15, -0.1) is 0 Å². The Morgan fingerprint density at radius 1 is 1.53 bits per heavy atom. The molecule has 5 nitrogen and oxygen atoms in total. The maximum atomic E-state index is 11.5. The molecule has 5 heteroatoms. The molecule has 1 saturated carbocycles. The first kappa shape index (κ1) is 14.1. The second-order valence-electron chi connectivity index (χ2n) is 5.53. The minimum atomic E-state index is -0.156. The van der Waals surface area contributed by atoms with Crippen molar-refractivity contribution in [1.29, 1.82) is 0 Å². The third kappa shape index (κ3) is 4.06. The van der Waals surface area contributed by atoms with Gasteiger partial charge in [0.25, 0.3) is 0 Å². The normalized spacial score (nSPS) is 25.1. The molecule has 0 aromatic carbocycles. The fourth-order valence-corrected chi connectivity index (χ4v) is 2.88. The fraction of sp³-hybridized carbons (Fsp3) is 0.714. The van der Waals surface area contributed by atoms with Crippen LogP contribution in [0.5, 0.6) is 0 Å². The number of primary amides is 1. The molecule has 1 aromatic heterocycles. The van der Waals surface area contributed by atoms with E-state index < -0.39 is 0 Å². The number of aromatic nitrogens is 2. The lowest BCUT2D eigenvalue weighted by molar-refractivity contribution is -0.123. The van der Waals surface area contributed by atoms with E-state index in [1.54, 1.807) is 6.20 Å². The molecule has 1 heterocycles. The summed E-state index contributed by atoms with van der Waals surface area (Å²) in [5, 5.41) is 7.76. The Morgan fingerprint density at radius 2 is 2.32 bits per heavy atom. The smallest absolute Gasteiger partial charge is 0.222 e. The van der Waals surface area contributed by atoms with E-state index in [0.717, 1.165) is 32.2 Å². The first-order valence-corrected chi connectivity index (χ1v) is 7.19. The third-order valence-corrected chi connectivity index (χ3v) is 3.98. The summed E-state index contributed by atoms with van der Waals surface area (Å²) < 4.78 is 1.94. The average Bonchev–Trinajstić information content (AvgIpc) is 2.90. The van der Waals surface area contributed by atoms with Gasteiger partial charge in [-0.1, -0.05) is 12.8 Å². The zero-order valence-electron chi connectivity index (χ0n) is 11.6. The predicted molar refractivity (Wildman–Crippen MR) is 74.4 cm³/mol. The zero-order chi connectivity index (χ0) is 13.7. The summed E-state index contributed by atoms with van der Waals surface area (Å²) in [6.45, 7) is 3.06. The number of nitrogens with zero attached hydrogens (tertiary/aromatic N) is 2. The number of amides is 1. The van der Waals surface area contributed by atoms with E-state index in [1.807, 2.05) is 16.9 Å². The van der Waals surface area contributed by atoms with E-state index in [1.165, 1.54) is 6.42 Å². The van der Waals surface area contributed by atoms with Crippen LogP contribution in [0.2, 0.25) is 0 Å². The first-order chi connectivity index (χ1) is 9.16. The molecule has 1 aromatic rings. The number of aryl methyl sites for hydroxylation is 1. The SMILES string of the molecule is C[C@H](CCn1cccn1)N[C@H]1CCCC[C@@H]1C(N)=O. The van der Waals surface area contributed by atoms with Gasteiger partial charge in [0.05, 0.1) is 5.92 Å². The number of carbonyl (C=O) groups excluding carboxylic acids is 1. The van der Waals surface area contributed by atoms with Gasteiger partial charge in [0.15, 0.2) is 0 Å². The molecule has 3 atom stereocenters. The molecule has 1 aliphatic rings. The van der Waals surface area contributed by atoms with E-state index in [2.05, 4.69) is 17.3 Å². The van der Waals surface area contributed by atoms with Gasteiger partial charge >= 0.3 is 0 Å². The van der Waals surface area contributed by atoms with Gasteiger partial charge in [-0.3, -0.25) is 9.48 Å². The van der Waals surface area contributed by atoms with Crippen molar-refractivity contribution in [2.24, 2.45) is 11.7 Å². The van der Waals surface area contributed by atoms with E-state index in [0.29, 0.717) is 6.04 Å². The summed E-state index contributed by atoms with van der Waals surface area (Å²) in [6.07, 6.45) is 9.06. The highest BCUT2D eigenvalue weighted by molar-refractivity contribution is 5.77. The van der Waals surface area contributed by atoms with Gasteiger partial charge in [-0.25, -0.2) is 0 Å². The molecule has 0 unspecified atom stereocenters. The van der Waals surface area contributed by atoms with Gasteiger partial charge in [0.2, 0.25) is 5.91 Å². The molecule has 1 fully saturated rings. The van der Waals surface area contributed by atoms with Gasteiger partial charge in [-0.2, -0.15) is 5.10 Å². The topological polar surface area (TPSA) is 72.9 Å². The van der Waals surface area contributed by atoms with Crippen LogP contribution >= 0.6 is 0 Å².